The molecule has 1 heterocycles. The number of amides is 2. The van der Waals surface area contributed by atoms with Crippen LogP contribution in [0, 0.1) is 0 Å². The first-order valence-electron chi connectivity index (χ1n) is 7.97. The summed E-state index contributed by atoms with van der Waals surface area (Å²) < 4.78 is 5.54. The fraction of sp³-hybridized carbons (Fsp3) is 0.529. The number of nitrogens with zero attached hydrogens (tertiary/aromatic N) is 1. The molecule has 1 aliphatic rings. The number of para-hydroxylation sites is 1. The van der Waals surface area contributed by atoms with Crippen molar-refractivity contribution in [2.45, 2.75) is 38.3 Å². The Bertz CT molecular complexity index is 521. The lowest BCUT2D eigenvalue weighted by atomic mass is 10.1. The van der Waals surface area contributed by atoms with Crippen LogP contribution in [0.15, 0.2) is 30.3 Å². The summed E-state index contributed by atoms with van der Waals surface area (Å²) in [6.07, 6.45) is 0.718. The first kappa shape index (κ1) is 17.3. The third-order valence-corrected chi connectivity index (χ3v) is 3.94. The molecule has 1 saturated heterocycles. The van der Waals surface area contributed by atoms with E-state index < -0.39 is 6.10 Å². The van der Waals surface area contributed by atoms with Gasteiger partial charge in [0.25, 0.3) is 0 Å². The lowest BCUT2D eigenvalue weighted by Gasteiger charge is -2.21. The second-order valence-electron chi connectivity index (χ2n) is 5.74. The maximum atomic E-state index is 12.3. The van der Waals surface area contributed by atoms with Crippen LogP contribution >= 0.6 is 0 Å². The van der Waals surface area contributed by atoms with Gasteiger partial charge in [-0.15, -0.1) is 0 Å². The van der Waals surface area contributed by atoms with Gasteiger partial charge in [0.2, 0.25) is 11.8 Å². The topological polar surface area (TPSA) is 78.9 Å². The summed E-state index contributed by atoms with van der Waals surface area (Å²) in [4.78, 5) is 25.1. The van der Waals surface area contributed by atoms with Crippen LogP contribution in [0.1, 0.15) is 26.2 Å². The number of carbonyl (C=O) groups excluding carboxylic acids is 2. The van der Waals surface area contributed by atoms with E-state index in [9.17, 15) is 14.7 Å². The highest BCUT2D eigenvalue weighted by Crippen LogP contribution is 2.14. The minimum absolute atomic E-state index is 0.0107. The molecule has 0 unspecified atom stereocenters. The molecule has 0 spiro atoms. The Labute approximate surface area is 136 Å². The SMILES string of the molecule is CC(=O)N[C@H]1CCN(C(=O)CCOc2ccccc2)CC[C@@H]1O. The van der Waals surface area contributed by atoms with Gasteiger partial charge < -0.3 is 20.1 Å². The van der Waals surface area contributed by atoms with Gasteiger partial charge in [-0.3, -0.25) is 9.59 Å². The van der Waals surface area contributed by atoms with Crippen LogP contribution in [0.2, 0.25) is 0 Å². The number of aliphatic hydroxyl groups excluding tert-OH is 1. The lowest BCUT2D eigenvalue weighted by Crippen LogP contribution is -2.42. The molecule has 126 valence electrons. The summed E-state index contributed by atoms with van der Waals surface area (Å²) in [7, 11) is 0. The van der Waals surface area contributed by atoms with E-state index >= 15 is 0 Å². The van der Waals surface area contributed by atoms with E-state index in [0.717, 1.165) is 5.75 Å². The molecule has 0 saturated carbocycles. The molecule has 2 atom stereocenters. The van der Waals surface area contributed by atoms with E-state index in [1.807, 2.05) is 30.3 Å². The molecule has 6 heteroatoms. The van der Waals surface area contributed by atoms with Crippen molar-refractivity contribution in [3.8, 4) is 5.75 Å². The molecule has 0 bridgehead atoms. The largest absolute Gasteiger partial charge is 0.493 e. The molecule has 0 aromatic heterocycles. The quantitative estimate of drug-likeness (QED) is 0.846. The number of carbonyl (C=O) groups is 2. The maximum Gasteiger partial charge on any atom is 0.226 e. The predicted molar refractivity (Wildman–Crippen MR) is 86.0 cm³/mol. The number of hydrogen-bond donors (Lipinski definition) is 2. The maximum absolute atomic E-state index is 12.3. The Morgan fingerprint density at radius 1 is 1.26 bits per heavy atom. The molecular weight excluding hydrogens is 296 g/mol. The van der Waals surface area contributed by atoms with Crippen molar-refractivity contribution in [2.24, 2.45) is 0 Å². The summed E-state index contributed by atoms with van der Waals surface area (Å²) in [5.74, 6) is 0.596. The molecule has 2 amide bonds. The van der Waals surface area contributed by atoms with E-state index in [4.69, 9.17) is 4.74 Å². The number of rotatable bonds is 5. The molecule has 1 aliphatic heterocycles. The lowest BCUT2D eigenvalue weighted by molar-refractivity contribution is -0.131. The number of nitrogens with one attached hydrogen (secondary N) is 1. The van der Waals surface area contributed by atoms with E-state index in [1.54, 1.807) is 4.90 Å². The summed E-state index contributed by atoms with van der Waals surface area (Å²) in [5, 5.41) is 12.8. The second kappa shape index (κ2) is 8.53. The van der Waals surface area contributed by atoms with Crippen LogP contribution in [0.3, 0.4) is 0 Å². The normalized spacial score (nSPS) is 21.4. The van der Waals surface area contributed by atoms with Crippen molar-refractivity contribution >= 4 is 11.8 Å². The van der Waals surface area contributed by atoms with Gasteiger partial charge in [-0.05, 0) is 25.0 Å². The summed E-state index contributed by atoms with van der Waals surface area (Å²) in [6, 6.07) is 9.10. The molecule has 0 aliphatic carbocycles. The minimum atomic E-state index is -0.614. The van der Waals surface area contributed by atoms with Crippen molar-refractivity contribution in [3.05, 3.63) is 30.3 Å². The standard InChI is InChI=1S/C17H24N2O4/c1-13(20)18-15-7-10-19(11-8-16(15)21)17(22)9-12-23-14-5-3-2-4-6-14/h2-6,15-16,21H,7-12H2,1H3,(H,18,20)/t15-,16-/m0/s1. The van der Waals surface area contributed by atoms with Crippen LogP contribution in [-0.4, -0.2) is 53.7 Å². The second-order valence-corrected chi connectivity index (χ2v) is 5.74. The number of hydrogen-bond acceptors (Lipinski definition) is 4. The van der Waals surface area contributed by atoms with E-state index in [2.05, 4.69) is 5.32 Å². The number of likely N-dealkylation sites (tertiary alicyclic amines) is 1. The smallest absolute Gasteiger partial charge is 0.226 e. The molecule has 1 aromatic carbocycles. The Balaban J connectivity index is 1.77. The Hall–Kier alpha value is -2.08. The zero-order valence-corrected chi connectivity index (χ0v) is 13.4. The number of aliphatic hydroxyl groups is 1. The summed E-state index contributed by atoms with van der Waals surface area (Å²) in [5.41, 5.74) is 0. The first-order valence-corrected chi connectivity index (χ1v) is 7.97. The summed E-state index contributed by atoms with van der Waals surface area (Å²) in [6.45, 7) is 2.80. The van der Waals surface area contributed by atoms with Crippen LogP contribution in [0.4, 0.5) is 0 Å². The van der Waals surface area contributed by atoms with Gasteiger partial charge in [-0.25, -0.2) is 0 Å². The average molecular weight is 320 g/mol. The highest BCUT2D eigenvalue weighted by molar-refractivity contribution is 5.76. The predicted octanol–water partition coefficient (Wildman–Crippen LogP) is 0.943. The van der Waals surface area contributed by atoms with Crippen molar-refractivity contribution in [1.29, 1.82) is 0 Å². The molecule has 1 fully saturated rings. The van der Waals surface area contributed by atoms with Gasteiger partial charge in [-0.2, -0.15) is 0 Å². The molecule has 23 heavy (non-hydrogen) atoms. The van der Waals surface area contributed by atoms with Gasteiger partial charge in [0.1, 0.15) is 5.75 Å². The monoisotopic (exact) mass is 320 g/mol. The Morgan fingerprint density at radius 2 is 1.96 bits per heavy atom. The zero-order valence-electron chi connectivity index (χ0n) is 13.4. The van der Waals surface area contributed by atoms with Crippen LogP contribution in [0.25, 0.3) is 0 Å². The van der Waals surface area contributed by atoms with Crippen LogP contribution in [0.5, 0.6) is 5.75 Å². The molecule has 6 nitrogen and oxygen atoms in total. The van der Waals surface area contributed by atoms with Gasteiger partial charge in [0.15, 0.2) is 0 Å². The third kappa shape index (κ3) is 5.56. The molecule has 2 N–H and O–H groups in total. The molecular formula is C17H24N2O4. The minimum Gasteiger partial charge on any atom is -0.493 e. The van der Waals surface area contributed by atoms with Gasteiger partial charge in [0.05, 0.1) is 25.2 Å². The van der Waals surface area contributed by atoms with E-state index in [-0.39, 0.29) is 17.9 Å². The van der Waals surface area contributed by atoms with Crippen LogP contribution < -0.4 is 10.1 Å². The zero-order chi connectivity index (χ0) is 16.7. The van der Waals surface area contributed by atoms with Crippen molar-refractivity contribution < 1.29 is 19.4 Å². The summed E-state index contributed by atoms with van der Waals surface area (Å²) >= 11 is 0. The van der Waals surface area contributed by atoms with E-state index in [1.165, 1.54) is 6.92 Å². The Kier molecular flexibility index (Phi) is 6.40. The van der Waals surface area contributed by atoms with E-state index in [0.29, 0.717) is 39.0 Å². The first-order chi connectivity index (χ1) is 11.1. The fourth-order valence-corrected chi connectivity index (χ4v) is 2.70. The molecule has 2 rings (SSSR count). The van der Waals surface area contributed by atoms with Crippen molar-refractivity contribution in [1.82, 2.24) is 10.2 Å². The van der Waals surface area contributed by atoms with Crippen LogP contribution in [-0.2, 0) is 9.59 Å². The van der Waals surface area contributed by atoms with Gasteiger partial charge >= 0.3 is 0 Å². The molecule has 1 aromatic rings. The average Bonchev–Trinajstić information content (AvgIpc) is 2.70. The molecule has 0 radical (unpaired) electrons. The van der Waals surface area contributed by atoms with Crippen molar-refractivity contribution in [2.75, 3.05) is 19.7 Å². The fourth-order valence-electron chi connectivity index (χ4n) is 2.70. The Morgan fingerprint density at radius 3 is 2.65 bits per heavy atom. The number of ether oxygens (including phenoxy) is 1. The highest BCUT2D eigenvalue weighted by Gasteiger charge is 2.27. The van der Waals surface area contributed by atoms with Gasteiger partial charge in [-0.1, -0.05) is 18.2 Å². The van der Waals surface area contributed by atoms with Gasteiger partial charge in [0, 0.05) is 20.0 Å². The highest BCUT2D eigenvalue weighted by atomic mass is 16.5. The number of benzene rings is 1. The van der Waals surface area contributed by atoms with Crippen molar-refractivity contribution in [3.63, 3.8) is 0 Å². The third-order valence-electron chi connectivity index (χ3n) is 3.94.